The Hall–Kier alpha value is -1.59. The number of hydrogen-bond donors (Lipinski definition) is 1. The summed E-state index contributed by atoms with van der Waals surface area (Å²) in [7, 11) is 0. The molecular weight excluding hydrogens is 291 g/mol. The van der Waals surface area contributed by atoms with E-state index in [1.807, 2.05) is 0 Å². The lowest BCUT2D eigenvalue weighted by Gasteiger charge is -2.25. The van der Waals surface area contributed by atoms with Gasteiger partial charge in [-0.3, -0.25) is 19.7 Å². The number of halogens is 2. The van der Waals surface area contributed by atoms with Gasteiger partial charge in [0.1, 0.15) is 13.1 Å². The van der Waals surface area contributed by atoms with Crippen molar-refractivity contribution < 1.29 is 14.4 Å². The molecule has 0 bridgehead atoms. The summed E-state index contributed by atoms with van der Waals surface area (Å²) < 4.78 is 0. The molecule has 1 heterocycles. The van der Waals surface area contributed by atoms with E-state index in [2.05, 4.69) is 5.32 Å². The minimum atomic E-state index is -0.473. The first kappa shape index (κ1) is 13.8. The summed E-state index contributed by atoms with van der Waals surface area (Å²) in [4.78, 5) is 35.5. The molecule has 5 nitrogen and oxygen atoms in total. The van der Waals surface area contributed by atoms with E-state index in [0.29, 0.717) is 15.6 Å². The summed E-state index contributed by atoms with van der Waals surface area (Å²) in [6, 6.07) is 4.87. The van der Waals surface area contributed by atoms with E-state index in [-0.39, 0.29) is 25.4 Å². The lowest BCUT2D eigenvalue weighted by molar-refractivity contribution is -0.145. The lowest BCUT2D eigenvalue weighted by Crippen LogP contribution is -2.53. The van der Waals surface area contributed by atoms with E-state index in [9.17, 15) is 14.4 Å². The third-order valence-electron chi connectivity index (χ3n) is 2.64. The van der Waals surface area contributed by atoms with Crippen LogP contribution in [0.4, 0.5) is 0 Å². The van der Waals surface area contributed by atoms with Gasteiger partial charge in [0, 0.05) is 0 Å². The van der Waals surface area contributed by atoms with E-state index in [0.717, 1.165) is 0 Å². The molecule has 1 N–H and O–H groups in total. The fraction of sp³-hybridized carbons (Fsp3) is 0.250. The zero-order valence-electron chi connectivity index (χ0n) is 9.78. The van der Waals surface area contributed by atoms with Crippen LogP contribution in [-0.4, -0.2) is 35.7 Å². The molecule has 3 amide bonds. The van der Waals surface area contributed by atoms with Crippen molar-refractivity contribution in [1.29, 1.82) is 0 Å². The molecular formula is C12H10Cl2N2O3. The normalized spacial score (nSPS) is 15.4. The standard InChI is InChI=1S/C12H10Cl2N2O3/c13-8-2-1-7(3-9(8)14)4-12(19)16-5-10(17)15-11(18)6-16/h1-3H,4-6H2,(H,15,17,18). The van der Waals surface area contributed by atoms with Crippen LogP contribution in [0.5, 0.6) is 0 Å². The number of hydrogen-bond acceptors (Lipinski definition) is 3. The van der Waals surface area contributed by atoms with E-state index < -0.39 is 11.8 Å². The van der Waals surface area contributed by atoms with Crippen molar-refractivity contribution in [2.24, 2.45) is 0 Å². The fourth-order valence-electron chi connectivity index (χ4n) is 1.75. The maximum atomic E-state index is 12.0. The summed E-state index contributed by atoms with van der Waals surface area (Å²) in [5.74, 6) is -1.25. The maximum absolute atomic E-state index is 12.0. The summed E-state index contributed by atoms with van der Waals surface area (Å²) in [5.41, 5.74) is 0.679. The Morgan fingerprint density at radius 2 is 1.79 bits per heavy atom. The zero-order chi connectivity index (χ0) is 14.0. The van der Waals surface area contributed by atoms with Crippen LogP contribution in [0, 0.1) is 0 Å². The Bertz CT molecular complexity index is 544. The van der Waals surface area contributed by atoms with Crippen LogP contribution in [0.2, 0.25) is 10.0 Å². The van der Waals surface area contributed by atoms with Crippen molar-refractivity contribution in [3.63, 3.8) is 0 Å². The Morgan fingerprint density at radius 3 is 2.37 bits per heavy atom. The molecule has 0 aliphatic carbocycles. The second kappa shape index (κ2) is 5.59. The van der Waals surface area contributed by atoms with Gasteiger partial charge in [-0.25, -0.2) is 0 Å². The Kier molecular flexibility index (Phi) is 4.07. The smallest absolute Gasteiger partial charge is 0.246 e. The SMILES string of the molecule is O=C1CN(C(=O)Cc2ccc(Cl)c(Cl)c2)CC(=O)N1. The molecule has 19 heavy (non-hydrogen) atoms. The van der Waals surface area contributed by atoms with Crippen LogP contribution >= 0.6 is 23.2 Å². The largest absolute Gasteiger partial charge is 0.324 e. The topological polar surface area (TPSA) is 66.5 Å². The Labute approximate surface area is 119 Å². The van der Waals surface area contributed by atoms with Crippen molar-refractivity contribution in [3.05, 3.63) is 33.8 Å². The number of carbonyl (C=O) groups excluding carboxylic acids is 3. The summed E-state index contributed by atoms with van der Waals surface area (Å²) in [5, 5.41) is 2.90. The van der Waals surface area contributed by atoms with Gasteiger partial charge in [0.2, 0.25) is 17.7 Å². The van der Waals surface area contributed by atoms with Gasteiger partial charge in [-0.05, 0) is 17.7 Å². The number of amides is 3. The van der Waals surface area contributed by atoms with Crippen molar-refractivity contribution >= 4 is 40.9 Å². The van der Waals surface area contributed by atoms with Gasteiger partial charge in [0.25, 0.3) is 0 Å². The minimum absolute atomic E-state index is 0.0669. The summed E-state index contributed by atoms with van der Waals surface area (Å²) in [6.07, 6.45) is 0.0669. The molecule has 0 atom stereocenters. The lowest BCUT2D eigenvalue weighted by atomic mass is 10.1. The van der Waals surface area contributed by atoms with Gasteiger partial charge in [-0.2, -0.15) is 0 Å². The van der Waals surface area contributed by atoms with Gasteiger partial charge < -0.3 is 4.90 Å². The highest BCUT2D eigenvalue weighted by molar-refractivity contribution is 6.42. The molecule has 0 aromatic heterocycles. The highest BCUT2D eigenvalue weighted by Crippen LogP contribution is 2.23. The second-order valence-electron chi connectivity index (χ2n) is 4.15. The summed E-state index contributed by atoms with van der Waals surface area (Å²) >= 11 is 11.6. The van der Waals surface area contributed by atoms with E-state index >= 15 is 0 Å². The van der Waals surface area contributed by atoms with Crippen molar-refractivity contribution in [3.8, 4) is 0 Å². The molecule has 0 radical (unpaired) electrons. The zero-order valence-corrected chi connectivity index (χ0v) is 11.3. The fourth-order valence-corrected chi connectivity index (χ4v) is 2.07. The molecule has 0 unspecified atom stereocenters. The average Bonchev–Trinajstić information content (AvgIpc) is 2.32. The molecule has 7 heteroatoms. The van der Waals surface area contributed by atoms with Crippen molar-refractivity contribution in [2.75, 3.05) is 13.1 Å². The second-order valence-corrected chi connectivity index (χ2v) is 4.96. The van der Waals surface area contributed by atoms with Gasteiger partial charge in [0.15, 0.2) is 0 Å². The maximum Gasteiger partial charge on any atom is 0.246 e. The minimum Gasteiger partial charge on any atom is -0.324 e. The van der Waals surface area contributed by atoms with Gasteiger partial charge >= 0.3 is 0 Å². The highest BCUT2D eigenvalue weighted by atomic mass is 35.5. The number of imide groups is 1. The summed E-state index contributed by atoms with van der Waals surface area (Å²) in [6.45, 7) is -0.211. The van der Waals surface area contributed by atoms with E-state index in [1.165, 1.54) is 4.90 Å². The van der Waals surface area contributed by atoms with E-state index in [4.69, 9.17) is 23.2 Å². The Morgan fingerprint density at radius 1 is 1.16 bits per heavy atom. The molecule has 0 saturated carbocycles. The molecule has 1 aromatic carbocycles. The number of nitrogens with one attached hydrogen (secondary N) is 1. The third-order valence-corrected chi connectivity index (χ3v) is 3.38. The third kappa shape index (κ3) is 3.45. The first-order valence-electron chi connectivity index (χ1n) is 5.50. The van der Waals surface area contributed by atoms with Gasteiger partial charge in [0.05, 0.1) is 16.5 Å². The first-order valence-corrected chi connectivity index (χ1v) is 6.25. The average molecular weight is 301 g/mol. The van der Waals surface area contributed by atoms with E-state index in [1.54, 1.807) is 18.2 Å². The van der Waals surface area contributed by atoms with Crippen LogP contribution < -0.4 is 5.32 Å². The molecule has 1 aromatic rings. The monoisotopic (exact) mass is 300 g/mol. The number of piperazine rings is 1. The number of rotatable bonds is 2. The highest BCUT2D eigenvalue weighted by Gasteiger charge is 2.26. The number of benzene rings is 1. The molecule has 1 saturated heterocycles. The first-order chi connectivity index (χ1) is 8.95. The van der Waals surface area contributed by atoms with Crippen LogP contribution in [0.1, 0.15) is 5.56 Å². The number of nitrogens with zero attached hydrogens (tertiary/aromatic N) is 1. The predicted molar refractivity (Wildman–Crippen MR) is 69.9 cm³/mol. The predicted octanol–water partition coefficient (Wildman–Crippen LogP) is 1.02. The van der Waals surface area contributed by atoms with Crippen molar-refractivity contribution in [1.82, 2.24) is 10.2 Å². The van der Waals surface area contributed by atoms with Crippen LogP contribution in [0.3, 0.4) is 0 Å². The molecule has 0 spiro atoms. The van der Waals surface area contributed by atoms with Gasteiger partial charge in [-0.1, -0.05) is 29.3 Å². The Balaban J connectivity index is 2.06. The number of carbonyl (C=O) groups is 3. The molecule has 1 aliphatic rings. The molecule has 100 valence electrons. The van der Waals surface area contributed by atoms with Gasteiger partial charge in [-0.15, -0.1) is 0 Å². The molecule has 1 fully saturated rings. The quantitative estimate of drug-likeness (QED) is 0.829. The molecule has 1 aliphatic heterocycles. The molecule has 2 rings (SSSR count). The van der Waals surface area contributed by atoms with Crippen LogP contribution in [0.25, 0.3) is 0 Å². The van der Waals surface area contributed by atoms with Crippen LogP contribution in [-0.2, 0) is 20.8 Å². The van der Waals surface area contributed by atoms with Crippen molar-refractivity contribution in [2.45, 2.75) is 6.42 Å². The van der Waals surface area contributed by atoms with Crippen LogP contribution in [0.15, 0.2) is 18.2 Å².